The molecule has 34 heavy (non-hydrogen) atoms. The van der Waals surface area contributed by atoms with Gasteiger partial charge in [-0.25, -0.2) is 9.69 Å². The van der Waals surface area contributed by atoms with Gasteiger partial charge < -0.3 is 20.7 Å². The first kappa shape index (κ1) is 24.2. The molecule has 3 aliphatic rings. The van der Waals surface area contributed by atoms with Crippen molar-refractivity contribution in [3.05, 3.63) is 35.9 Å². The van der Waals surface area contributed by atoms with Gasteiger partial charge in [-0.15, -0.1) is 0 Å². The van der Waals surface area contributed by atoms with Gasteiger partial charge in [-0.1, -0.05) is 30.3 Å². The maximum atomic E-state index is 12.9. The Kier molecular flexibility index (Phi) is 7.82. The molecule has 0 radical (unpaired) electrons. The summed E-state index contributed by atoms with van der Waals surface area (Å²) in [6.07, 6.45) is 4.68. The number of carbonyl (C=O) groups excluding carboxylic acids is 4. The first-order valence-electron chi connectivity index (χ1n) is 12.3. The number of hydrogen-bond acceptors (Lipinski definition) is 6. The summed E-state index contributed by atoms with van der Waals surface area (Å²) in [6, 6.07) is 7.78. The molecule has 0 spiro atoms. The molecule has 1 aromatic rings. The Balaban J connectivity index is 1.26. The summed E-state index contributed by atoms with van der Waals surface area (Å²) in [5, 5.41) is 3.01. The molecule has 9 nitrogen and oxygen atoms in total. The molecule has 184 valence electrons. The second kappa shape index (κ2) is 11.0. The van der Waals surface area contributed by atoms with Gasteiger partial charge in [-0.2, -0.15) is 0 Å². The van der Waals surface area contributed by atoms with E-state index in [9.17, 15) is 19.2 Å². The molecule has 4 amide bonds. The third-order valence-corrected chi connectivity index (χ3v) is 7.25. The quantitative estimate of drug-likeness (QED) is 0.655. The van der Waals surface area contributed by atoms with Crippen LogP contribution in [0.2, 0.25) is 0 Å². The van der Waals surface area contributed by atoms with Crippen LogP contribution in [0.4, 0.5) is 4.79 Å². The number of imide groups is 1. The molecular formula is C25H34N4O5. The molecule has 1 aliphatic carbocycles. The number of nitrogens with zero attached hydrogens (tertiary/aromatic N) is 2. The van der Waals surface area contributed by atoms with Crippen LogP contribution in [0.25, 0.3) is 0 Å². The largest absolute Gasteiger partial charge is 0.444 e. The normalized spacial score (nSPS) is 25.8. The van der Waals surface area contributed by atoms with Crippen molar-refractivity contribution in [3.63, 3.8) is 0 Å². The lowest BCUT2D eigenvalue weighted by molar-refractivity contribution is -0.134. The second-order valence-corrected chi connectivity index (χ2v) is 9.54. The van der Waals surface area contributed by atoms with E-state index in [0.717, 1.165) is 62.1 Å². The summed E-state index contributed by atoms with van der Waals surface area (Å²) >= 11 is 0. The van der Waals surface area contributed by atoms with Crippen LogP contribution < -0.4 is 11.1 Å². The molecule has 2 aliphatic heterocycles. The summed E-state index contributed by atoms with van der Waals surface area (Å²) in [4.78, 5) is 53.3. The minimum Gasteiger partial charge on any atom is -0.444 e. The minimum atomic E-state index is -0.854. The van der Waals surface area contributed by atoms with Crippen molar-refractivity contribution in [1.82, 2.24) is 15.1 Å². The fourth-order valence-corrected chi connectivity index (χ4v) is 5.22. The predicted octanol–water partition coefficient (Wildman–Crippen LogP) is 1.94. The Morgan fingerprint density at radius 1 is 1.03 bits per heavy atom. The van der Waals surface area contributed by atoms with Gasteiger partial charge in [-0.3, -0.25) is 14.4 Å². The van der Waals surface area contributed by atoms with Crippen LogP contribution in [0.3, 0.4) is 0 Å². The van der Waals surface area contributed by atoms with Crippen LogP contribution >= 0.6 is 0 Å². The van der Waals surface area contributed by atoms with E-state index in [-0.39, 0.29) is 43.2 Å². The molecule has 1 unspecified atom stereocenters. The van der Waals surface area contributed by atoms with Gasteiger partial charge in [0.2, 0.25) is 17.7 Å². The number of hydrogen-bond donors (Lipinski definition) is 2. The lowest BCUT2D eigenvalue weighted by Gasteiger charge is -2.34. The fourth-order valence-electron chi connectivity index (χ4n) is 5.22. The number of amides is 4. The Hall–Kier alpha value is -2.94. The average Bonchev–Trinajstić information content (AvgIpc) is 3.53. The van der Waals surface area contributed by atoms with E-state index >= 15 is 0 Å². The molecule has 3 N–H and O–H groups in total. The highest BCUT2D eigenvalue weighted by Gasteiger charge is 2.42. The molecule has 0 aromatic heterocycles. The highest BCUT2D eigenvalue weighted by atomic mass is 16.6. The summed E-state index contributed by atoms with van der Waals surface area (Å²) in [5.74, 6) is -0.574. The fraction of sp³-hybridized carbons (Fsp3) is 0.600. The molecule has 3 fully saturated rings. The van der Waals surface area contributed by atoms with Crippen LogP contribution in [0.1, 0.15) is 56.9 Å². The molecular weight excluding hydrogens is 436 g/mol. The third-order valence-electron chi connectivity index (χ3n) is 7.25. The van der Waals surface area contributed by atoms with E-state index in [4.69, 9.17) is 10.5 Å². The zero-order valence-electron chi connectivity index (χ0n) is 19.5. The van der Waals surface area contributed by atoms with Crippen LogP contribution in [-0.4, -0.2) is 64.8 Å². The molecule has 2 saturated heterocycles. The third kappa shape index (κ3) is 5.58. The van der Waals surface area contributed by atoms with Crippen molar-refractivity contribution in [1.29, 1.82) is 0 Å². The molecule has 2 atom stereocenters. The SMILES string of the molecule is NC(C(=O)N1CCCC1)C1CCC(NC(=O)[C@H]2CCC(=O)N2C(=O)OCc2ccccc2)CC1. The van der Waals surface area contributed by atoms with Crippen LogP contribution in [0.5, 0.6) is 0 Å². The van der Waals surface area contributed by atoms with Crippen LogP contribution in [0.15, 0.2) is 30.3 Å². The molecule has 1 saturated carbocycles. The first-order chi connectivity index (χ1) is 16.4. The number of likely N-dealkylation sites (tertiary alicyclic amines) is 2. The lowest BCUT2D eigenvalue weighted by Crippen LogP contribution is -2.52. The number of carbonyl (C=O) groups is 4. The number of benzene rings is 1. The summed E-state index contributed by atoms with van der Waals surface area (Å²) in [5.41, 5.74) is 7.09. The topological polar surface area (TPSA) is 122 Å². The van der Waals surface area contributed by atoms with Gasteiger partial charge in [0, 0.05) is 25.6 Å². The van der Waals surface area contributed by atoms with E-state index in [1.54, 1.807) is 0 Å². The van der Waals surface area contributed by atoms with Crippen molar-refractivity contribution >= 4 is 23.8 Å². The molecule has 4 rings (SSSR count). The summed E-state index contributed by atoms with van der Waals surface area (Å²) < 4.78 is 5.29. The zero-order chi connectivity index (χ0) is 24.1. The minimum absolute atomic E-state index is 0.0399. The van der Waals surface area contributed by atoms with E-state index in [2.05, 4.69) is 5.32 Å². The zero-order valence-corrected chi connectivity index (χ0v) is 19.5. The summed E-state index contributed by atoms with van der Waals surface area (Å²) in [7, 11) is 0. The van der Waals surface area contributed by atoms with Gasteiger partial charge in [0.1, 0.15) is 12.6 Å². The van der Waals surface area contributed by atoms with Crippen molar-refractivity contribution in [3.8, 4) is 0 Å². The van der Waals surface area contributed by atoms with Crippen molar-refractivity contribution in [2.24, 2.45) is 11.7 Å². The highest BCUT2D eigenvalue weighted by Crippen LogP contribution is 2.28. The van der Waals surface area contributed by atoms with Crippen molar-refractivity contribution in [2.45, 2.75) is 76.1 Å². The Morgan fingerprint density at radius 3 is 2.38 bits per heavy atom. The van der Waals surface area contributed by atoms with Gasteiger partial charge in [0.05, 0.1) is 6.04 Å². The molecule has 2 heterocycles. The highest BCUT2D eigenvalue weighted by molar-refractivity contribution is 6.00. The maximum absolute atomic E-state index is 12.9. The first-order valence-corrected chi connectivity index (χ1v) is 12.3. The van der Waals surface area contributed by atoms with E-state index < -0.39 is 24.1 Å². The lowest BCUT2D eigenvalue weighted by atomic mass is 9.81. The monoisotopic (exact) mass is 470 g/mol. The maximum Gasteiger partial charge on any atom is 0.417 e. The average molecular weight is 471 g/mol. The smallest absolute Gasteiger partial charge is 0.417 e. The van der Waals surface area contributed by atoms with Crippen LogP contribution in [0, 0.1) is 5.92 Å². The number of ether oxygens (including phenoxy) is 1. The number of nitrogens with two attached hydrogens (primary N) is 1. The van der Waals surface area contributed by atoms with Crippen molar-refractivity contribution < 1.29 is 23.9 Å². The second-order valence-electron chi connectivity index (χ2n) is 9.54. The van der Waals surface area contributed by atoms with Gasteiger partial charge in [-0.05, 0) is 56.4 Å². The number of rotatable bonds is 6. The molecule has 9 heteroatoms. The van der Waals surface area contributed by atoms with E-state index in [0.29, 0.717) is 0 Å². The van der Waals surface area contributed by atoms with E-state index in [1.165, 1.54) is 0 Å². The molecule has 0 bridgehead atoms. The Bertz CT molecular complexity index is 894. The van der Waals surface area contributed by atoms with E-state index in [1.807, 2.05) is 35.2 Å². The Morgan fingerprint density at radius 2 is 1.71 bits per heavy atom. The van der Waals surface area contributed by atoms with Gasteiger partial charge in [0.25, 0.3) is 0 Å². The van der Waals surface area contributed by atoms with Crippen LogP contribution in [-0.2, 0) is 25.7 Å². The standard InChI is InChI=1S/C25H34N4O5/c26-22(24(32)28-14-4-5-15-28)18-8-10-19(11-9-18)27-23(31)20-12-13-21(30)29(20)25(33)34-16-17-6-2-1-3-7-17/h1-3,6-7,18-20,22H,4-5,8-16,26H2,(H,27,31)/t18?,19?,20-,22?/m1/s1. The van der Waals surface area contributed by atoms with Gasteiger partial charge in [0.15, 0.2) is 0 Å². The van der Waals surface area contributed by atoms with Gasteiger partial charge >= 0.3 is 6.09 Å². The summed E-state index contributed by atoms with van der Waals surface area (Å²) in [6.45, 7) is 1.63. The van der Waals surface area contributed by atoms with Crippen molar-refractivity contribution in [2.75, 3.05) is 13.1 Å². The number of nitrogens with one attached hydrogen (secondary N) is 1. The Labute approximate surface area is 200 Å². The molecule has 1 aromatic carbocycles. The predicted molar refractivity (Wildman–Crippen MR) is 124 cm³/mol.